The number of sulfone groups is 1. The van der Waals surface area contributed by atoms with Crippen molar-refractivity contribution < 1.29 is 16.8 Å². The largest absolute Gasteiger partial charge is 0.271 e. The third kappa shape index (κ3) is 4.50. The van der Waals surface area contributed by atoms with E-state index in [1.807, 2.05) is 0 Å². The Hall–Kier alpha value is -0.600. The molecule has 0 bridgehead atoms. The highest BCUT2D eigenvalue weighted by Gasteiger charge is 2.12. The van der Waals surface area contributed by atoms with Gasteiger partial charge in [0.15, 0.2) is 0 Å². The summed E-state index contributed by atoms with van der Waals surface area (Å²) in [6.45, 7) is 0.333. The molecule has 0 saturated heterocycles. The molecule has 1 heterocycles. The van der Waals surface area contributed by atoms with Crippen LogP contribution in [-0.2, 0) is 25.4 Å². The highest BCUT2D eigenvalue weighted by atomic mass is 35.7. The molecular formula is C7H11ClN2O4S2. The number of aryl methyl sites for hydroxylation is 1. The standard InChI is InChI=1S/C7H11ClN2O4S2/c1-15(11,12)4-2-3-10-6-7(5-9-10)16(8,13)14/h5-6H,2-4H2,1H3. The van der Waals surface area contributed by atoms with Crippen LogP contribution in [0.2, 0.25) is 0 Å². The zero-order chi connectivity index (χ0) is 12.4. The third-order valence-corrected chi connectivity index (χ3v) is 4.13. The van der Waals surface area contributed by atoms with Crippen LogP contribution in [0.1, 0.15) is 6.42 Å². The van der Waals surface area contributed by atoms with E-state index in [4.69, 9.17) is 10.7 Å². The smallest absolute Gasteiger partial charge is 0.264 e. The summed E-state index contributed by atoms with van der Waals surface area (Å²) < 4.78 is 44.8. The van der Waals surface area contributed by atoms with Gasteiger partial charge in [0.1, 0.15) is 14.7 Å². The Bertz CT molecular complexity index is 561. The zero-order valence-electron chi connectivity index (χ0n) is 8.50. The molecule has 0 amide bonds. The Morgan fingerprint density at radius 2 is 2.00 bits per heavy atom. The first-order valence-electron chi connectivity index (χ1n) is 4.33. The lowest BCUT2D eigenvalue weighted by Gasteiger charge is -1.99. The molecule has 0 radical (unpaired) electrons. The predicted octanol–water partition coefficient (Wildman–Crippen LogP) is 0.245. The van der Waals surface area contributed by atoms with E-state index in [2.05, 4.69) is 5.10 Å². The molecule has 92 valence electrons. The molecule has 0 saturated carbocycles. The molecule has 1 aromatic heterocycles. The van der Waals surface area contributed by atoms with Gasteiger partial charge in [-0.2, -0.15) is 5.10 Å². The number of hydrogen-bond donors (Lipinski definition) is 0. The topological polar surface area (TPSA) is 86.1 Å². The normalized spacial score (nSPS) is 12.9. The lowest BCUT2D eigenvalue weighted by Crippen LogP contribution is -2.07. The molecule has 0 aliphatic carbocycles. The van der Waals surface area contributed by atoms with Gasteiger partial charge in [0.05, 0.1) is 11.9 Å². The van der Waals surface area contributed by atoms with Gasteiger partial charge < -0.3 is 0 Å². The van der Waals surface area contributed by atoms with Crippen molar-refractivity contribution in [1.29, 1.82) is 0 Å². The van der Waals surface area contributed by atoms with E-state index in [1.54, 1.807) is 0 Å². The molecule has 0 fully saturated rings. The summed E-state index contributed by atoms with van der Waals surface area (Å²) in [5.41, 5.74) is 0. The fourth-order valence-corrected chi connectivity index (χ4v) is 2.39. The lowest BCUT2D eigenvalue weighted by molar-refractivity contribution is 0.575. The fraction of sp³-hybridized carbons (Fsp3) is 0.571. The molecule has 1 aromatic rings. The van der Waals surface area contributed by atoms with E-state index in [-0.39, 0.29) is 10.6 Å². The van der Waals surface area contributed by atoms with E-state index in [0.717, 1.165) is 12.5 Å². The number of halogens is 1. The van der Waals surface area contributed by atoms with Crippen molar-refractivity contribution in [3.05, 3.63) is 12.4 Å². The molecule has 0 aliphatic heterocycles. The van der Waals surface area contributed by atoms with Crippen molar-refractivity contribution in [2.24, 2.45) is 0 Å². The first-order chi connectivity index (χ1) is 7.18. The molecular weight excluding hydrogens is 276 g/mol. The maximum Gasteiger partial charge on any atom is 0.264 e. The van der Waals surface area contributed by atoms with Crippen LogP contribution in [0, 0.1) is 0 Å². The second-order valence-electron chi connectivity index (χ2n) is 3.36. The van der Waals surface area contributed by atoms with E-state index in [1.165, 1.54) is 10.9 Å². The average molecular weight is 287 g/mol. The highest BCUT2D eigenvalue weighted by Crippen LogP contribution is 2.13. The minimum absolute atomic E-state index is 0.0375. The molecule has 0 atom stereocenters. The molecule has 1 rings (SSSR count). The Balaban J connectivity index is 2.61. The van der Waals surface area contributed by atoms with Crippen LogP contribution >= 0.6 is 10.7 Å². The van der Waals surface area contributed by atoms with Crippen molar-refractivity contribution in [3.8, 4) is 0 Å². The van der Waals surface area contributed by atoms with Crippen LogP contribution in [0.15, 0.2) is 17.3 Å². The summed E-state index contributed by atoms with van der Waals surface area (Å²) in [6, 6.07) is 0. The summed E-state index contributed by atoms with van der Waals surface area (Å²) >= 11 is 0. The highest BCUT2D eigenvalue weighted by molar-refractivity contribution is 8.13. The average Bonchev–Trinajstić information content (AvgIpc) is 2.49. The summed E-state index contributed by atoms with van der Waals surface area (Å²) in [7, 11) is -1.66. The predicted molar refractivity (Wildman–Crippen MR) is 59.6 cm³/mol. The molecule has 0 N–H and O–H groups in total. The molecule has 6 nitrogen and oxygen atoms in total. The summed E-state index contributed by atoms with van der Waals surface area (Å²) in [6.07, 6.45) is 3.92. The van der Waals surface area contributed by atoms with Crippen LogP contribution < -0.4 is 0 Å². The number of aromatic nitrogens is 2. The monoisotopic (exact) mass is 286 g/mol. The van der Waals surface area contributed by atoms with Gasteiger partial charge in [0, 0.05) is 29.7 Å². The van der Waals surface area contributed by atoms with Crippen molar-refractivity contribution in [2.75, 3.05) is 12.0 Å². The molecule has 0 spiro atoms. The van der Waals surface area contributed by atoms with Gasteiger partial charge in [0.2, 0.25) is 0 Å². The first-order valence-corrected chi connectivity index (χ1v) is 8.70. The maximum absolute atomic E-state index is 10.9. The van der Waals surface area contributed by atoms with Crippen molar-refractivity contribution >= 4 is 29.6 Å². The van der Waals surface area contributed by atoms with Crippen molar-refractivity contribution in [3.63, 3.8) is 0 Å². The maximum atomic E-state index is 10.9. The fourth-order valence-electron chi connectivity index (χ4n) is 1.08. The number of rotatable bonds is 5. The summed E-state index contributed by atoms with van der Waals surface area (Å²) in [5, 5.41) is 3.76. The number of nitrogens with zero attached hydrogens (tertiary/aromatic N) is 2. The third-order valence-electron chi connectivity index (χ3n) is 1.79. The van der Waals surface area contributed by atoms with Crippen LogP contribution in [0.4, 0.5) is 0 Å². The Kier molecular flexibility index (Phi) is 3.97. The van der Waals surface area contributed by atoms with E-state index >= 15 is 0 Å². The summed E-state index contributed by atoms with van der Waals surface area (Å²) in [5.74, 6) is 0.0375. The van der Waals surface area contributed by atoms with E-state index in [9.17, 15) is 16.8 Å². The van der Waals surface area contributed by atoms with Gasteiger partial charge in [-0.1, -0.05) is 0 Å². The van der Waals surface area contributed by atoms with Gasteiger partial charge in [-0.3, -0.25) is 4.68 Å². The second kappa shape index (κ2) is 4.72. The Morgan fingerprint density at radius 1 is 1.38 bits per heavy atom. The van der Waals surface area contributed by atoms with Crippen LogP contribution in [0.5, 0.6) is 0 Å². The minimum Gasteiger partial charge on any atom is -0.271 e. The van der Waals surface area contributed by atoms with Gasteiger partial charge in [-0.25, -0.2) is 16.8 Å². The quantitative estimate of drug-likeness (QED) is 0.724. The van der Waals surface area contributed by atoms with Gasteiger partial charge in [-0.05, 0) is 6.42 Å². The van der Waals surface area contributed by atoms with Crippen molar-refractivity contribution in [2.45, 2.75) is 17.9 Å². The second-order valence-corrected chi connectivity index (χ2v) is 8.19. The van der Waals surface area contributed by atoms with Gasteiger partial charge in [-0.15, -0.1) is 0 Å². The van der Waals surface area contributed by atoms with E-state index in [0.29, 0.717) is 13.0 Å². The minimum atomic E-state index is -3.76. The molecule has 0 aromatic carbocycles. The van der Waals surface area contributed by atoms with Gasteiger partial charge in [0.25, 0.3) is 9.05 Å². The first kappa shape index (κ1) is 13.5. The molecule has 9 heteroatoms. The Labute approximate surface area is 98.6 Å². The Morgan fingerprint density at radius 3 is 2.44 bits per heavy atom. The van der Waals surface area contributed by atoms with Gasteiger partial charge >= 0.3 is 0 Å². The van der Waals surface area contributed by atoms with Crippen LogP contribution in [-0.4, -0.2) is 38.6 Å². The zero-order valence-corrected chi connectivity index (χ0v) is 10.9. The van der Waals surface area contributed by atoms with E-state index < -0.39 is 18.9 Å². The molecule has 0 unspecified atom stereocenters. The number of hydrogen-bond acceptors (Lipinski definition) is 5. The SMILES string of the molecule is CS(=O)(=O)CCCn1cc(S(=O)(=O)Cl)cn1. The van der Waals surface area contributed by atoms with Crippen LogP contribution in [0.25, 0.3) is 0 Å². The lowest BCUT2D eigenvalue weighted by atomic mass is 10.5. The van der Waals surface area contributed by atoms with Crippen molar-refractivity contribution in [1.82, 2.24) is 9.78 Å². The summed E-state index contributed by atoms with van der Waals surface area (Å²) in [4.78, 5) is -0.0893. The molecule has 16 heavy (non-hydrogen) atoms. The van der Waals surface area contributed by atoms with Crippen LogP contribution in [0.3, 0.4) is 0 Å². The molecule has 0 aliphatic rings.